The Morgan fingerprint density at radius 2 is 2.12 bits per heavy atom. The summed E-state index contributed by atoms with van der Waals surface area (Å²) in [5.41, 5.74) is 0.967. The maximum absolute atomic E-state index is 11.5. The summed E-state index contributed by atoms with van der Waals surface area (Å²) >= 11 is 0. The third-order valence-corrected chi connectivity index (χ3v) is 2.31. The molecule has 1 aromatic heterocycles. The number of hydrogen-bond donors (Lipinski definition) is 1. The van der Waals surface area contributed by atoms with Gasteiger partial charge in [-0.05, 0) is 6.07 Å². The van der Waals surface area contributed by atoms with Crippen molar-refractivity contribution in [3.63, 3.8) is 0 Å². The molecule has 5 nitrogen and oxygen atoms in total. The Balaban J connectivity index is 2.72. The molecule has 0 saturated heterocycles. The molecular weight excluding hydrogens is 204 g/mol. The van der Waals surface area contributed by atoms with Crippen molar-refractivity contribution in [3.05, 3.63) is 18.3 Å². The Kier molecular flexibility index (Phi) is 4.10. The lowest BCUT2D eigenvalue weighted by molar-refractivity contribution is -0.127. The average Bonchev–Trinajstić information content (AvgIpc) is 2.28. The zero-order chi connectivity index (χ0) is 12.1. The highest BCUT2D eigenvalue weighted by Gasteiger charge is 2.09. The number of carbonyl (C=O) groups is 1. The first-order valence-electron chi connectivity index (χ1n) is 5.09. The van der Waals surface area contributed by atoms with E-state index < -0.39 is 0 Å². The highest BCUT2D eigenvalue weighted by Crippen LogP contribution is 2.15. The van der Waals surface area contributed by atoms with Gasteiger partial charge in [-0.15, -0.1) is 0 Å². The van der Waals surface area contributed by atoms with E-state index in [4.69, 9.17) is 0 Å². The van der Waals surface area contributed by atoms with Crippen LogP contribution in [0.5, 0.6) is 0 Å². The maximum Gasteiger partial charge on any atom is 0.241 e. The highest BCUT2D eigenvalue weighted by atomic mass is 16.2. The van der Waals surface area contributed by atoms with Crippen molar-refractivity contribution < 1.29 is 4.79 Å². The number of carbonyl (C=O) groups excluding carboxylic acids is 1. The van der Waals surface area contributed by atoms with Crippen LogP contribution in [-0.4, -0.2) is 50.5 Å². The number of rotatable bonds is 4. The van der Waals surface area contributed by atoms with E-state index in [2.05, 4.69) is 10.3 Å². The van der Waals surface area contributed by atoms with Crippen LogP contribution in [0, 0.1) is 0 Å². The van der Waals surface area contributed by atoms with Gasteiger partial charge in [-0.2, -0.15) is 0 Å². The monoisotopic (exact) mass is 222 g/mol. The minimum Gasteiger partial charge on any atom is -0.373 e. The van der Waals surface area contributed by atoms with Crippen molar-refractivity contribution in [2.24, 2.45) is 0 Å². The second-order valence-electron chi connectivity index (χ2n) is 3.79. The highest BCUT2D eigenvalue weighted by molar-refractivity contribution is 5.81. The van der Waals surface area contributed by atoms with Crippen molar-refractivity contribution in [2.75, 3.05) is 45.0 Å². The van der Waals surface area contributed by atoms with Crippen LogP contribution in [0.3, 0.4) is 0 Å². The predicted octanol–water partition coefficient (Wildman–Crippen LogP) is 0.648. The normalized spacial score (nSPS) is 9.75. The van der Waals surface area contributed by atoms with Crippen molar-refractivity contribution in [3.8, 4) is 0 Å². The second kappa shape index (κ2) is 5.34. The van der Waals surface area contributed by atoms with Gasteiger partial charge >= 0.3 is 0 Å². The van der Waals surface area contributed by atoms with Gasteiger partial charge in [-0.3, -0.25) is 4.79 Å². The molecule has 0 fully saturated rings. The van der Waals surface area contributed by atoms with Crippen molar-refractivity contribution in [2.45, 2.75) is 0 Å². The van der Waals surface area contributed by atoms with Gasteiger partial charge in [-0.1, -0.05) is 0 Å². The van der Waals surface area contributed by atoms with Gasteiger partial charge in [0.1, 0.15) is 5.82 Å². The van der Waals surface area contributed by atoms with Crippen molar-refractivity contribution in [1.29, 1.82) is 0 Å². The molecule has 1 N–H and O–H groups in total. The number of nitrogens with zero attached hydrogens (tertiary/aromatic N) is 3. The summed E-state index contributed by atoms with van der Waals surface area (Å²) < 4.78 is 0. The molecule has 0 spiro atoms. The first kappa shape index (κ1) is 12.3. The summed E-state index contributed by atoms with van der Waals surface area (Å²) in [6, 6.07) is 3.78. The maximum atomic E-state index is 11.5. The molecule has 0 bridgehead atoms. The summed E-state index contributed by atoms with van der Waals surface area (Å²) in [5, 5.41) is 2.97. The Morgan fingerprint density at radius 1 is 1.44 bits per heavy atom. The molecular formula is C11H18N4O. The first-order chi connectivity index (χ1) is 7.54. The van der Waals surface area contributed by atoms with Gasteiger partial charge in [0.05, 0.1) is 6.54 Å². The molecule has 1 heterocycles. The zero-order valence-corrected chi connectivity index (χ0v) is 10.2. The molecule has 16 heavy (non-hydrogen) atoms. The van der Waals surface area contributed by atoms with Crippen LogP contribution in [0.4, 0.5) is 11.5 Å². The van der Waals surface area contributed by atoms with E-state index in [-0.39, 0.29) is 5.91 Å². The summed E-state index contributed by atoms with van der Waals surface area (Å²) in [6.07, 6.45) is 1.72. The fourth-order valence-corrected chi connectivity index (χ4v) is 1.23. The Hall–Kier alpha value is -1.78. The van der Waals surface area contributed by atoms with E-state index in [1.165, 1.54) is 0 Å². The minimum atomic E-state index is 0.0744. The molecule has 0 saturated carbocycles. The summed E-state index contributed by atoms with van der Waals surface area (Å²) in [4.78, 5) is 19.1. The number of pyridine rings is 1. The number of nitrogens with one attached hydrogen (secondary N) is 1. The van der Waals surface area contributed by atoms with Gasteiger partial charge in [0, 0.05) is 46.1 Å². The molecule has 0 radical (unpaired) electrons. The van der Waals surface area contributed by atoms with E-state index in [0.717, 1.165) is 11.5 Å². The van der Waals surface area contributed by atoms with Crippen molar-refractivity contribution in [1.82, 2.24) is 9.88 Å². The predicted molar refractivity (Wildman–Crippen MR) is 65.7 cm³/mol. The average molecular weight is 222 g/mol. The molecule has 0 aliphatic carbocycles. The largest absolute Gasteiger partial charge is 0.373 e. The standard InChI is InChI=1S/C11H18N4O/c1-12-10-7-9(5-6-13-10)15(4)8-11(16)14(2)3/h5-7H,8H2,1-4H3,(H,12,13). The van der Waals surface area contributed by atoms with Gasteiger partial charge in [-0.25, -0.2) is 4.98 Å². The molecule has 1 amide bonds. The molecule has 1 rings (SSSR count). The second-order valence-corrected chi connectivity index (χ2v) is 3.79. The van der Waals surface area contributed by atoms with Gasteiger partial charge < -0.3 is 15.1 Å². The first-order valence-corrected chi connectivity index (χ1v) is 5.09. The lowest BCUT2D eigenvalue weighted by atomic mass is 10.3. The molecule has 88 valence electrons. The lowest BCUT2D eigenvalue weighted by Gasteiger charge is -2.21. The summed E-state index contributed by atoms with van der Waals surface area (Å²) in [7, 11) is 7.21. The van der Waals surface area contributed by atoms with E-state index >= 15 is 0 Å². The molecule has 1 aromatic rings. The molecule has 5 heteroatoms. The quantitative estimate of drug-likeness (QED) is 0.812. The van der Waals surface area contributed by atoms with Crippen LogP contribution in [0.1, 0.15) is 0 Å². The molecule has 0 unspecified atom stereocenters. The number of amides is 1. The van der Waals surface area contributed by atoms with Crippen LogP contribution < -0.4 is 10.2 Å². The van der Waals surface area contributed by atoms with Crippen molar-refractivity contribution >= 4 is 17.4 Å². The third-order valence-electron chi connectivity index (χ3n) is 2.31. The third kappa shape index (κ3) is 3.12. The topological polar surface area (TPSA) is 48.5 Å². The Bertz CT molecular complexity index is 365. The fourth-order valence-electron chi connectivity index (χ4n) is 1.23. The number of likely N-dealkylation sites (N-methyl/N-ethyl adjacent to an activating group) is 2. The van der Waals surface area contributed by atoms with E-state index in [1.807, 2.05) is 31.1 Å². The SMILES string of the molecule is CNc1cc(N(C)CC(=O)N(C)C)ccn1. The van der Waals surface area contributed by atoms with E-state index in [0.29, 0.717) is 6.54 Å². The van der Waals surface area contributed by atoms with Crippen LogP contribution in [0.15, 0.2) is 18.3 Å². The van der Waals surface area contributed by atoms with E-state index in [9.17, 15) is 4.79 Å². The van der Waals surface area contributed by atoms with E-state index in [1.54, 1.807) is 25.2 Å². The van der Waals surface area contributed by atoms with Crippen LogP contribution in [0.2, 0.25) is 0 Å². The molecule has 0 aliphatic heterocycles. The van der Waals surface area contributed by atoms with Crippen LogP contribution in [-0.2, 0) is 4.79 Å². The fraction of sp³-hybridized carbons (Fsp3) is 0.455. The summed E-state index contributed by atoms with van der Waals surface area (Å²) in [5.74, 6) is 0.868. The Labute approximate surface area is 96.1 Å². The molecule has 0 aliphatic rings. The van der Waals surface area contributed by atoms with Gasteiger partial charge in [0.15, 0.2) is 0 Å². The lowest BCUT2D eigenvalue weighted by Crippen LogP contribution is -2.34. The van der Waals surface area contributed by atoms with Gasteiger partial charge in [0.2, 0.25) is 5.91 Å². The van der Waals surface area contributed by atoms with Crippen LogP contribution in [0.25, 0.3) is 0 Å². The minimum absolute atomic E-state index is 0.0744. The Morgan fingerprint density at radius 3 is 2.69 bits per heavy atom. The number of anilines is 2. The van der Waals surface area contributed by atoms with Crippen LogP contribution >= 0.6 is 0 Å². The molecule has 0 aromatic carbocycles. The molecule has 0 atom stereocenters. The number of aromatic nitrogens is 1. The van der Waals surface area contributed by atoms with Gasteiger partial charge in [0.25, 0.3) is 0 Å². The smallest absolute Gasteiger partial charge is 0.241 e. The summed E-state index contributed by atoms with van der Waals surface area (Å²) in [6.45, 7) is 0.361. The zero-order valence-electron chi connectivity index (χ0n) is 10.2. The number of hydrogen-bond acceptors (Lipinski definition) is 4.